The molecule has 3 rings (SSSR count). The van der Waals surface area contributed by atoms with Crippen LogP contribution in [-0.4, -0.2) is 39.6 Å². The lowest BCUT2D eigenvalue weighted by Gasteiger charge is -2.43. The van der Waals surface area contributed by atoms with Crippen molar-refractivity contribution in [1.82, 2.24) is 4.90 Å². The maximum atomic E-state index is 12.5. The Labute approximate surface area is 149 Å². The van der Waals surface area contributed by atoms with Gasteiger partial charge >= 0.3 is 6.09 Å². The molecule has 138 valence electrons. The number of benzene rings is 1. The van der Waals surface area contributed by atoms with Gasteiger partial charge in [-0.15, -0.1) is 0 Å². The number of aryl methyl sites for hydroxylation is 1. The van der Waals surface area contributed by atoms with Crippen molar-refractivity contribution in [2.75, 3.05) is 0 Å². The molecule has 5 heteroatoms. The Balaban J connectivity index is 1.64. The largest absolute Gasteiger partial charge is 0.444 e. The zero-order valence-electron chi connectivity index (χ0n) is 15.6. The molecule has 2 aliphatic rings. The number of amides is 1. The molecule has 5 nitrogen and oxygen atoms in total. The van der Waals surface area contributed by atoms with E-state index in [1.165, 1.54) is 0 Å². The molecule has 1 amide bonds. The van der Waals surface area contributed by atoms with Crippen molar-refractivity contribution in [2.24, 2.45) is 0 Å². The highest BCUT2D eigenvalue weighted by Gasteiger charge is 2.51. The smallest absolute Gasteiger partial charge is 0.410 e. The fourth-order valence-corrected chi connectivity index (χ4v) is 3.90. The molecule has 1 aromatic carbocycles. The molecule has 2 unspecified atom stereocenters. The molecule has 2 saturated heterocycles. The Morgan fingerprint density at radius 3 is 2.40 bits per heavy atom. The van der Waals surface area contributed by atoms with Crippen molar-refractivity contribution in [2.45, 2.75) is 83.5 Å². The minimum absolute atomic E-state index is 0.0181. The summed E-state index contributed by atoms with van der Waals surface area (Å²) in [7, 11) is 0. The summed E-state index contributed by atoms with van der Waals surface area (Å²) >= 11 is 0. The van der Waals surface area contributed by atoms with Gasteiger partial charge in [-0.1, -0.05) is 24.3 Å². The van der Waals surface area contributed by atoms with Crippen LogP contribution >= 0.6 is 0 Å². The molecule has 0 spiro atoms. The van der Waals surface area contributed by atoms with Crippen molar-refractivity contribution in [3.05, 3.63) is 35.4 Å². The summed E-state index contributed by atoms with van der Waals surface area (Å²) in [6, 6.07) is 7.99. The van der Waals surface area contributed by atoms with Gasteiger partial charge in [0.15, 0.2) is 5.79 Å². The molecule has 2 heterocycles. The summed E-state index contributed by atoms with van der Waals surface area (Å²) in [6.07, 6.45) is 2.38. The quantitative estimate of drug-likeness (QED) is 0.846. The van der Waals surface area contributed by atoms with E-state index in [9.17, 15) is 9.90 Å². The second-order valence-corrected chi connectivity index (χ2v) is 8.34. The number of hydrogen-bond donors (Lipinski definition) is 1. The van der Waals surface area contributed by atoms with Gasteiger partial charge in [0.2, 0.25) is 0 Å². The summed E-state index contributed by atoms with van der Waals surface area (Å²) in [5.41, 5.74) is 1.73. The Hall–Kier alpha value is -1.59. The lowest BCUT2D eigenvalue weighted by molar-refractivity contribution is -0.242. The Bertz CT molecular complexity index is 623. The molecule has 2 fully saturated rings. The molecular weight excluding hydrogens is 318 g/mol. The Morgan fingerprint density at radius 2 is 1.84 bits per heavy atom. The van der Waals surface area contributed by atoms with Gasteiger partial charge in [0.05, 0.1) is 6.61 Å². The number of nitrogens with zero attached hydrogens (tertiary/aromatic N) is 1. The maximum absolute atomic E-state index is 12.5. The van der Waals surface area contributed by atoms with Crippen LogP contribution in [0, 0.1) is 6.92 Å². The second-order valence-electron chi connectivity index (χ2n) is 8.34. The van der Waals surface area contributed by atoms with Crippen molar-refractivity contribution in [3.63, 3.8) is 0 Å². The summed E-state index contributed by atoms with van der Waals surface area (Å²) in [6.45, 7) is 8.04. The number of hydrogen-bond acceptors (Lipinski definition) is 4. The molecule has 0 saturated carbocycles. The first-order chi connectivity index (χ1) is 11.7. The zero-order valence-corrected chi connectivity index (χ0v) is 15.6. The Kier molecular flexibility index (Phi) is 4.82. The summed E-state index contributed by atoms with van der Waals surface area (Å²) in [5.74, 6) is -1.17. The van der Waals surface area contributed by atoms with E-state index < -0.39 is 11.4 Å². The van der Waals surface area contributed by atoms with Crippen LogP contribution in [-0.2, 0) is 16.1 Å². The van der Waals surface area contributed by atoms with Gasteiger partial charge in [-0.3, -0.25) is 0 Å². The molecule has 2 atom stereocenters. The molecule has 25 heavy (non-hydrogen) atoms. The van der Waals surface area contributed by atoms with Crippen LogP contribution in [0.25, 0.3) is 0 Å². The molecule has 0 aromatic heterocycles. The first-order valence-electron chi connectivity index (χ1n) is 9.09. The average molecular weight is 347 g/mol. The summed E-state index contributed by atoms with van der Waals surface area (Å²) in [5, 5.41) is 10.9. The van der Waals surface area contributed by atoms with Gasteiger partial charge < -0.3 is 19.5 Å². The van der Waals surface area contributed by atoms with Crippen LogP contribution in [0.3, 0.4) is 0 Å². The molecule has 0 radical (unpaired) electrons. The van der Waals surface area contributed by atoms with E-state index in [2.05, 4.69) is 0 Å². The fraction of sp³-hybridized carbons (Fsp3) is 0.650. The highest BCUT2D eigenvalue weighted by molar-refractivity contribution is 5.69. The number of carbonyl (C=O) groups is 1. The highest BCUT2D eigenvalue weighted by atomic mass is 16.6. The van der Waals surface area contributed by atoms with Gasteiger partial charge in [-0.25, -0.2) is 4.79 Å². The van der Waals surface area contributed by atoms with E-state index in [1.807, 2.05) is 56.9 Å². The topological polar surface area (TPSA) is 59.0 Å². The molecule has 2 aliphatic heterocycles. The third kappa shape index (κ3) is 4.15. The Morgan fingerprint density at radius 1 is 1.24 bits per heavy atom. The van der Waals surface area contributed by atoms with Crippen LogP contribution in [0.5, 0.6) is 0 Å². The standard InChI is InChI=1S/C20H29NO4/c1-14-7-5-6-8-15(14)13-24-20(23)11-16-9-10-17(12-20)21(16)18(22)25-19(2,3)4/h5-8,16-17,23H,9-13H2,1-4H3. The third-order valence-corrected chi connectivity index (χ3v) is 5.09. The normalized spacial score (nSPS) is 28.9. The van der Waals surface area contributed by atoms with Crippen molar-refractivity contribution < 1.29 is 19.4 Å². The van der Waals surface area contributed by atoms with E-state index in [4.69, 9.17) is 9.47 Å². The SMILES string of the molecule is Cc1ccccc1COC1(O)CC2CCC(C1)N2C(=O)OC(C)(C)C. The van der Waals surface area contributed by atoms with Gasteiger partial charge in [0.1, 0.15) is 5.60 Å². The van der Waals surface area contributed by atoms with Crippen LogP contribution in [0.15, 0.2) is 24.3 Å². The van der Waals surface area contributed by atoms with Crippen LogP contribution in [0.4, 0.5) is 4.79 Å². The van der Waals surface area contributed by atoms with Crippen LogP contribution in [0.2, 0.25) is 0 Å². The highest BCUT2D eigenvalue weighted by Crippen LogP contribution is 2.42. The number of rotatable bonds is 3. The zero-order chi connectivity index (χ0) is 18.2. The molecule has 1 aromatic rings. The van der Waals surface area contributed by atoms with E-state index in [-0.39, 0.29) is 18.2 Å². The third-order valence-electron chi connectivity index (χ3n) is 5.09. The van der Waals surface area contributed by atoms with E-state index in [0.29, 0.717) is 19.4 Å². The monoisotopic (exact) mass is 347 g/mol. The lowest BCUT2D eigenvalue weighted by atomic mass is 9.96. The predicted molar refractivity (Wildman–Crippen MR) is 95.0 cm³/mol. The average Bonchev–Trinajstić information content (AvgIpc) is 2.78. The van der Waals surface area contributed by atoms with Gasteiger partial charge in [0, 0.05) is 24.9 Å². The predicted octanol–water partition coefficient (Wildman–Crippen LogP) is 3.76. The number of piperidine rings is 1. The molecule has 2 bridgehead atoms. The van der Waals surface area contributed by atoms with Crippen LogP contribution in [0.1, 0.15) is 57.6 Å². The van der Waals surface area contributed by atoms with Crippen molar-refractivity contribution >= 4 is 6.09 Å². The van der Waals surface area contributed by atoms with Crippen LogP contribution < -0.4 is 0 Å². The maximum Gasteiger partial charge on any atom is 0.410 e. The molecule has 0 aliphatic carbocycles. The summed E-state index contributed by atoms with van der Waals surface area (Å²) in [4.78, 5) is 14.3. The first-order valence-corrected chi connectivity index (χ1v) is 9.09. The fourth-order valence-electron chi connectivity index (χ4n) is 3.90. The first kappa shape index (κ1) is 18.2. The number of aliphatic hydroxyl groups is 1. The van der Waals surface area contributed by atoms with Gasteiger partial charge in [-0.2, -0.15) is 0 Å². The molecule has 1 N–H and O–H groups in total. The van der Waals surface area contributed by atoms with E-state index in [0.717, 1.165) is 24.0 Å². The molecular formula is C20H29NO4. The van der Waals surface area contributed by atoms with Crippen molar-refractivity contribution in [3.8, 4) is 0 Å². The minimum Gasteiger partial charge on any atom is -0.444 e. The lowest BCUT2D eigenvalue weighted by Crippen LogP contribution is -2.55. The summed E-state index contributed by atoms with van der Waals surface area (Å²) < 4.78 is 11.5. The van der Waals surface area contributed by atoms with Gasteiger partial charge in [0.25, 0.3) is 0 Å². The number of carbonyl (C=O) groups excluding carboxylic acids is 1. The second kappa shape index (κ2) is 6.61. The van der Waals surface area contributed by atoms with Crippen molar-refractivity contribution in [1.29, 1.82) is 0 Å². The minimum atomic E-state index is -1.17. The van der Waals surface area contributed by atoms with Gasteiger partial charge in [-0.05, 0) is 51.7 Å². The van der Waals surface area contributed by atoms with E-state index >= 15 is 0 Å². The number of fused-ring (bicyclic) bond motifs is 2. The van der Waals surface area contributed by atoms with E-state index in [1.54, 1.807) is 0 Å². The number of ether oxygens (including phenoxy) is 2.